The van der Waals surface area contributed by atoms with Crippen LogP contribution in [0.5, 0.6) is 5.75 Å². The van der Waals surface area contributed by atoms with Crippen molar-refractivity contribution in [1.29, 1.82) is 0 Å². The third-order valence-electron chi connectivity index (χ3n) is 4.40. The Kier molecular flexibility index (Phi) is 6.63. The maximum absolute atomic E-state index is 12.4. The lowest BCUT2D eigenvalue weighted by atomic mass is 10.1. The molecule has 3 N–H and O–H groups in total. The molecule has 146 valence electrons. The minimum atomic E-state index is -0.950. The molecule has 7 nitrogen and oxygen atoms in total. The van der Waals surface area contributed by atoms with Crippen LogP contribution in [0.2, 0.25) is 0 Å². The van der Waals surface area contributed by atoms with Crippen LogP contribution in [0, 0.1) is 13.8 Å². The Hall–Kier alpha value is -2.80. The number of aromatic amines is 1. The molecule has 1 heterocycles. The summed E-state index contributed by atoms with van der Waals surface area (Å²) in [6.45, 7) is 6.97. The monoisotopic (exact) mass is 374 g/mol. The molecule has 1 aromatic heterocycles. The summed E-state index contributed by atoms with van der Waals surface area (Å²) in [5.74, 6) is -0.286. The van der Waals surface area contributed by atoms with Crippen LogP contribution < -0.4 is 10.1 Å². The highest BCUT2D eigenvalue weighted by molar-refractivity contribution is 5.92. The van der Waals surface area contributed by atoms with Crippen LogP contribution in [0.15, 0.2) is 24.3 Å². The fourth-order valence-corrected chi connectivity index (χ4v) is 2.94. The van der Waals surface area contributed by atoms with Crippen LogP contribution >= 0.6 is 0 Å². The number of hydrogen-bond donors (Lipinski definition) is 3. The Bertz CT molecular complexity index is 809. The van der Waals surface area contributed by atoms with Crippen molar-refractivity contribution in [3.05, 3.63) is 52.3 Å². The number of aryl methyl sites for hydroxylation is 1. The van der Waals surface area contributed by atoms with Crippen molar-refractivity contribution >= 4 is 11.9 Å². The first kappa shape index (κ1) is 20.5. The standard InChI is InChI=1S/C20H26N2O5/c1-11-17(13(3)23)12(2)22-18(11)20(25)27-14(4)19(24)21-10-15-6-8-16(26-5)9-7-15/h6-9,13-14,22-23H,10H2,1-5H3,(H,21,24)/t13-,14-/m1/s1. The van der Waals surface area contributed by atoms with E-state index in [1.54, 1.807) is 40.0 Å². The zero-order chi connectivity index (χ0) is 20.1. The molecule has 0 saturated carbocycles. The Morgan fingerprint density at radius 3 is 2.33 bits per heavy atom. The number of ether oxygens (including phenoxy) is 2. The van der Waals surface area contributed by atoms with Gasteiger partial charge in [0.1, 0.15) is 11.4 Å². The summed E-state index contributed by atoms with van der Waals surface area (Å²) in [7, 11) is 1.59. The van der Waals surface area contributed by atoms with Crippen LogP contribution in [-0.4, -0.2) is 35.2 Å². The summed E-state index contributed by atoms with van der Waals surface area (Å²) in [4.78, 5) is 27.5. The molecule has 0 spiro atoms. The van der Waals surface area contributed by atoms with E-state index in [1.165, 1.54) is 6.92 Å². The number of nitrogens with one attached hydrogen (secondary N) is 2. The smallest absolute Gasteiger partial charge is 0.355 e. The molecule has 0 saturated heterocycles. The van der Waals surface area contributed by atoms with Gasteiger partial charge in [-0.2, -0.15) is 0 Å². The molecular weight excluding hydrogens is 348 g/mol. The van der Waals surface area contributed by atoms with Gasteiger partial charge in [0.15, 0.2) is 6.10 Å². The molecule has 1 amide bonds. The van der Waals surface area contributed by atoms with E-state index in [0.29, 0.717) is 23.4 Å². The van der Waals surface area contributed by atoms with Crippen LogP contribution in [0.1, 0.15) is 52.8 Å². The normalized spacial score (nSPS) is 13.0. The van der Waals surface area contributed by atoms with Crippen molar-refractivity contribution in [2.75, 3.05) is 7.11 Å². The third kappa shape index (κ3) is 4.89. The Morgan fingerprint density at radius 2 is 1.81 bits per heavy atom. The second-order valence-corrected chi connectivity index (χ2v) is 6.45. The Balaban J connectivity index is 1.95. The zero-order valence-electron chi connectivity index (χ0n) is 16.3. The van der Waals surface area contributed by atoms with E-state index < -0.39 is 24.1 Å². The minimum absolute atomic E-state index is 0.248. The van der Waals surface area contributed by atoms with Crippen LogP contribution in [-0.2, 0) is 16.1 Å². The number of H-pyrrole nitrogens is 1. The van der Waals surface area contributed by atoms with E-state index in [-0.39, 0.29) is 5.69 Å². The topological polar surface area (TPSA) is 101 Å². The number of methoxy groups -OCH3 is 1. The number of rotatable bonds is 7. The fourth-order valence-electron chi connectivity index (χ4n) is 2.94. The van der Waals surface area contributed by atoms with E-state index in [0.717, 1.165) is 11.3 Å². The molecule has 27 heavy (non-hydrogen) atoms. The first-order valence-corrected chi connectivity index (χ1v) is 8.73. The third-order valence-corrected chi connectivity index (χ3v) is 4.40. The maximum Gasteiger partial charge on any atom is 0.355 e. The molecule has 0 fully saturated rings. The highest BCUT2D eigenvalue weighted by atomic mass is 16.5. The molecule has 1 aromatic carbocycles. The number of carbonyl (C=O) groups excluding carboxylic acids is 2. The molecule has 7 heteroatoms. The van der Waals surface area contributed by atoms with Gasteiger partial charge in [-0.1, -0.05) is 12.1 Å². The van der Waals surface area contributed by atoms with E-state index in [1.807, 2.05) is 12.1 Å². The molecule has 0 aliphatic rings. The summed E-state index contributed by atoms with van der Waals surface area (Å²) in [5, 5.41) is 12.6. The molecule has 2 aromatic rings. The van der Waals surface area contributed by atoms with Gasteiger partial charge >= 0.3 is 5.97 Å². The average Bonchev–Trinajstić information content (AvgIpc) is 2.94. The van der Waals surface area contributed by atoms with Crippen molar-refractivity contribution in [3.8, 4) is 5.75 Å². The van der Waals surface area contributed by atoms with Gasteiger partial charge in [-0.15, -0.1) is 0 Å². The van der Waals surface area contributed by atoms with Gasteiger partial charge in [-0.3, -0.25) is 4.79 Å². The largest absolute Gasteiger partial charge is 0.497 e. The van der Waals surface area contributed by atoms with Gasteiger partial charge < -0.3 is 24.9 Å². The molecule has 0 bridgehead atoms. The van der Waals surface area contributed by atoms with Crippen molar-refractivity contribution in [2.45, 2.75) is 46.4 Å². The summed E-state index contributed by atoms with van der Waals surface area (Å²) in [6, 6.07) is 7.30. The second-order valence-electron chi connectivity index (χ2n) is 6.45. The number of aromatic nitrogens is 1. The number of carbonyl (C=O) groups is 2. The molecule has 0 aliphatic heterocycles. The predicted octanol–water partition coefficient (Wildman–Crippen LogP) is 2.56. The fraction of sp³-hybridized carbons (Fsp3) is 0.400. The van der Waals surface area contributed by atoms with Gasteiger partial charge in [-0.05, 0) is 51.0 Å². The van der Waals surface area contributed by atoms with Gasteiger partial charge in [0.05, 0.1) is 13.2 Å². The highest BCUT2D eigenvalue weighted by Crippen LogP contribution is 2.25. The number of esters is 1. The Labute approximate surface area is 158 Å². The van der Waals surface area contributed by atoms with Gasteiger partial charge in [0.25, 0.3) is 5.91 Å². The van der Waals surface area contributed by atoms with Gasteiger partial charge in [0.2, 0.25) is 0 Å². The zero-order valence-corrected chi connectivity index (χ0v) is 16.3. The predicted molar refractivity (Wildman–Crippen MR) is 101 cm³/mol. The molecule has 2 rings (SSSR count). The van der Waals surface area contributed by atoms with E-state index in [4.69, 9.17) is 9.47 Å². The van der Waals surface area contributed by atoms with Crippen molar-refractivity contribution in [2.24, 2.45) is 0 Å². The van der Waals surface area contributed by atoms with Crippen molar-refractivity contribution in [3.63, 3.8) is 0 Å². The summed E-state index contributed by atoms with van der Waals surface area (Å²) < 4.78 is 10.4. The molecule has 0 radical (unpaired) electrons. The van der Waals surface area contributed by atoms with Crippen LogP contribution in [0.4, 0.5) is 0 Å². The molecule has 0 aliphatic carbocycles. The highest BCUT2D eigenvalue weighted by Gasteiger charge is 2.24. The number of benzene rings is 1. The maximum atomic E-state index is 12.4. The average molecular weight is 374 g/mol. The summed E-state index contributed by atoms with van der Waals surface area (Å²) in [6.07, 6.45) is -1.65. The first-order valence-electron chi connectivity index (χ1n) is 8.73. The van der Waals surface area contributed by atoms with Crippen LogP contribution in [0.25, 0.3) is 0 Å². The first-order chi connectivity index (χ1) is 12.7. The lowest BCUT2D eigenvalue weighted by Crippen LogP contribution is -2.35. The number of aliphatic hydroxyl groups excluding tert-OH is 1. The SMILES string of the molecule is COc1ccc(CNC(=O)[C@@H](C)OC(=O)c2[nH]c(C)c([C@@H](C)O)c2C)cc1. The quantitative estimate of drug-likeness (QED) is 0.647. The lowest BCUT2D eigenvalue weighted by Gasteiger charge is -2.14. The van der Waals surface area contributed by atoms with Crippen LogP contribution in [0.3, 0.4) is 0 Å². The number of aliphatic hydroxyl groups is 1. The van der Waals surface area contributed by atoms with Crippen molar-refractivity contribution < 1.29 is 24.2 Å². The minimum Gasteiger partial charge on any atom is -0.497 e. The molecule has 2 atom stereocenters. The number of hydrogen-bond acceptors (Lipinski definition) is 5. The van der Waals surface area contributed by atoms with E-state index in [9.17, 15) is 14.7 Å². The summed E-state index contributed by atoms with van der Waals surface area (Å²) >= 11 is 0. The summed E-state index contributed by atoms with van der Waals surface area (Å²) in [5.41, 5.74) is 3.14. The second kappa shape index (κ2) is 8.73. The lowest BCUT2D eigenvalue weighted by molar-refractivity contribution is -0.129. The van der Waals surface area contributed by atoms with Crippen molar-refractivity contribution in [1.82, 2.24) is 10.3 Å². The molecule has 0 unspecified atom stereocenters. The van der Waals surface area contributed by atoms with E-state index in [2.05, 4.69) is 10.3 Å². The van der Waals surface area contributed by atoms with E-state index >= 15 is 0 Å². The Morgan fingerprint density at radius 1 is 1.19 bits per heavy atom. The number of amides is 1. The molecular formula is C20H26N2O5. The van der Waals surface area contributed by atoms with Gasteiger partial charge in [-0.25, -0.2) is 4.79 Å². The van der Waals surface area contributed by atoms with Gasteiger partial charge in [0, 0.05) is 17.8 Å².